The molecule has 0 aromatic carbocycles. The lowest BCUT2D eigenvalue weighted by atomic mass is 9.94. The first-order valence-corrected chi connectivity index (χ1v) is 8.28. The molecular formula is C15H19N3O4S. The smallest absolute Gasteiger partial charge is 0.264 e. The van der Waals surface area contributed by atoms with Crippen LogP contribution in [0, 0.1) is 12.8 Å². The summed E-state index contributed by atoms with van der Waals surface area (Å²) in [6.45, 7) is 2.36. The zero-order valence-corrected chi connectivity index (χ0v) is 13.8. The van der Waals surface area contributed by atoms with Gasteiger partial charge in [0, 0.05) is 32.7 Å². The first-order valence-electron chi connectivity index (χ1n) is 7.47. The minimum absolute atomic E-state index is 0.0783. The zero-order valence-electron chi connectivity index (χ0n) is 13.0. The summed E-state index contributed by atoms with van der Waals surface area (Å²) in [7, 11) is 1.63. The highest BCUT2D eigenvalue weighted by Gasteiger charge is 2.32. The number of carbonyl (C=O) groups is 1. The monoisotopic (exact) mass is 337 g/mol. The van der Waals surface area contributed by atoms with E-state index in [9.17, 15) is 19.8 Å². The number of hydrogen-bond donors (Lipinski definition) is 2. The van der Waals surface area contributed by atoms with Crippen LogP contribution in [0.1, 0.15) is 21.7 Å². The summed E-state index contributed by atoms with van der Waals surface area (Å²) in [5, 5.41) is 19.7. The Kier molecular flexibility index (Phi) is 4.22. The molecule has 2 atom stereocenters. The summed E-state index contributed by atoms with van der Waals surface area (Å²) in [6, 6.07) is 0. The number of aryl methyl sites for hydroxylation is 2. The van der Waals surface area contributed by atoms with Gasteiger partial charge < -0.3 is 19.7 Å². The van der Waals surface area contributed by atoms with Crippen molar-refractivity contribution >= 4 is 27.5 Å². The molecule has 0 bridgehead atoms. The number of amides is 1. The molecule has 0 spiro atoms. The Bertz CT molecular complexity index is 813. The van der Waals surface area contributed by atoms with Crippen molar-refractivity contribution in [1.29, 1.82) is 0 Å². The Hall–Kier alpha value is -1.77. The molecule has 2 aromatic heterocycles. The number of aliphatic hydroxyl groups excluding tert-OH is 2. The number of nitrogens with zero attached hydrogens (tertiary/aromatic N) is 3. The molecule has 0 radical (unpaired) electrons. The first kappa shape index (κ1) is 16.1. The Balaban J connectivity index is 1.95. The van der Waals surface area contributed by atoms with Crippen LogP contribution < -0.4 is 5.56 Å². The molecule has 1 saturated heterocycles. The van der Waals surface area contributed by atoms with Crippen molar-refractivity contribution < 1.29 is 15.0 Å². The van der Waals surface area contributed by atoms with E-state index in [4.69, 9.17) is 0 Å². The number of piperidine rings is 1. The highest BCUT2D eigenvalue weighted by atomic mass is 32.1. The topological polar surface area (TPSA) is 95.7 Å². The summed E-state index contributed by atoms with van der Waals surface area (Å²) in [5.74, 6) is -0.375. The number of thiophene rings is 1. The maximum absolute atomic E-state index is 12.8. The minimum atomic E-state index is -0.724. The van der Waals surface area contributed by atoms with Gasteiger partial charge in [-0.25, -0.2) is 4.98 Å². The summed E-state index contributed by atoms with van der Waals surface area (Å²) in [4.78, 5) is 31.8. The van der Waals surface area contributed by atoms with Gasteiger partial charge in [0.2, 0.25) is 0 Å². The fourth-order valence-electron chi connectivity index (χ4n) is 2.93. The van der Waals surface area contributed by atoms with Crippen LogP contribution in [0.3, 0.4) is 0 Å². The second-order valence-corrected chi connectivity index (χ2v) is 6.95. The normalized spacial score (nSPS) is 21.8. The van der Waals surface area contributed by atoms with Crippen LogP contribution in [0.25, 0.3) is 10.2 Å². The highest BCUT2D eigenvalue weighted by Crippen LogP contribution is 2.29. The van der Waals surface area contributed by atoms with Gasteiger partial charge >= 0.3 is 0 Å². The lowest BCUT2D eigenvalue weighted by Crippen LogP contribution is -2.47. The third kappa shape index (κ3) is 2.66. The summed E-state index contributed by atoms with van der Waals surface area (Å²) < 4.78 is 1.40. The predicted octanol–water partition coefficient (Wildman–Crippen LogP) is 0.119. The fourth-order valence-corrected chi connectivity index (χ4v) is 4.04. The molecule has 0 saturated carbocycles. The number of hydrogen-bond acceptors (Lipinski definition) is 6. The Labute approximate surface area is 136 Å². The SMILES string of the molecule is Cc1c(C(=O)N2CC[C@H](CO)[C@H](O)C2)sc2ncn(C)c(=O)c12. The van der Waals surface area contributed by atoms with Gasteiger partial charge in [0.15, 0.2) is 0 Å². The molecule has 23 heavy (non-hydrogen) atoms. The molecule has 2 aromatic rings. The maximum Gasteiger partial charge on any atom is 0.264 e. The lowest BCUT2D eigenvalue weighted by Gasteiger charge is -2.35. The second-order valence-electron chi connectivity index (χ2n) is 5.95. The van der Waals surface area contributed by atoms with Crippen LogP contribution in [-0.2, 0) is 7.05 Å². The van der Waals surface area contributed by atoms with Gasteiger partial charge in [-0.1, -0.05) is 0 Å². The van der Waals surface area contributed by atoms with Crippen LogP contribution in [0.4, 0.5) is 0 Å². The molecule has 0 aliphatic carbocycles. The molecular weight excluding hydrogens is 318 g/mol. The number of rotatable bonds is 2. The van der Waals surface area contributed by atoms with Crippen molar-refractivity contribution in [1.82, 2.24) is 14.5 Å². The summed E-state index contributed by atoms with van der Waals surface area (Å²) in [5.41, 5.74) is 0.476. The Morgan fingerprint density at radius 2 is 2.26 bits per heavy atom. The van der Waals surface area contributed by atoms with Gasteiger partial charge in [0.05, 0.1) is 22.7 Å². The van der Waals surface area contributed by atoms with Crippen molar-refractivity contribution in [3.63, 3.8) is 0 Å². The number of aromatic nitrogens is 2. The van der Waals surface area contributed by atoms with Gasteiger partial charge in [-0.2, -0.15) is 0 Å². The number of aliphatic hydroxyl groups is 2. The van der Waals surface area contributed by atoms with Crippen molar-refractivity contribution in [2.75, 3.05) is 19.7 Å². The van der Waals surface area contributed by atoms with Gasteiger partial charge in [-0.15, -0.1) is 11.3 Å². The standard InChI is InChI=1S/C15H19N3O4S/c1-8-11-13(16-7-17(2)14(11)21)23-12(8)15(22)18-4-3-9(6-19)10(20)5-18/h7,9-10,19-20H,3-6H2,1-2H3/t9-,10-/m1/s1. The average Bonchev–Trinajstić information content (AvgIpc) is 2.87. The van der Waals surface area contributed by atoms with E-state index < -0.39 is 6.10 Å². The molecule has 2 N–H and O–H groups in total. The van der Waals surface area contributed by atoms with Crippen molar-refractivity contribution in [2.45, 2.75) is 19.4 Å². The first-order chi connectivity index (χ1) is 10.9. The van der Waals surface area contributed by atoms with Crippen molar-refractivity contribution in [3.05, 3.63) is 27.1 Å². The van der Waals surface area contributed by atoms with E-state index in [0.717, 1.165) is 0 Å². The van der Waals surface area contributed by atoms with Crippen LogP contribution in [-0.4, -0.2) is 56.4 Å². The molecule has 124 valence electrons. The van der Waals surface area contributed by atoms with Crippen LogP contribution in [0.15, 0.2) is 11.1 Å². The molecule has 7 nitrogen and oxygen atoms in total. The number of fused-ring (bicyclic) bond motifs is 1. The molecule has 0 unspecified atom stereocenters. The number of likely N-dealkylation sites (tertiary alicyclic amines) is 1. The van der Waals surface area contributed by atoms with E-state index in [2.05, 4.69) is 4.98 Å². The van der Waals surface area contributed by atoms with Crippen LogP contribution in [0.5, 0.6) is 0 Å². The summed E-state index contributed by atoms with van der Waals surface area (Å²) >= 11 is 1.21. The van der Waals surface area contributed by atoms with E-state index >= 15 is 0 Å². The quantitative estimate of drug-likeness (QED) is 0.811. The third-order valence-electron chi connectivity index (χ3n) is 4.45. The number of β-amino-alcohol motifs (C(OH)–C–C–N with tert-alkyl or cyclic N) is 1. The average molecular weight is 337 g/mol. The highest BCUT2D eigenvalue weighted by molar-refractivity contribution is 7.20. The van der Waals surface area contributed by atoms with E-state index in [-0.39, 0.29) is 30.5 Å². The van der Waals surface area contributed by atoms with Crippen LogP contribution >= 0.6 is 11.3 Å². The van der Waals surface area contributed by atoms with Crippen LogP contribution in [0.2, 0.25) is 0 Å². The van der Waals surface area contributed by atoms with E-state index in [1.165, 1.54) is 22.2 Å². The Morgan fingerprint density at radius 3 is 2.91 bits per heavy atom. The largest absolute Gasteiger partial charge is 0.396 e. The van der Waals surface area contributed by atoms with Gasteiger partial charge in [-0.3, -0.25) is 9.59 Å². The molecule has 8 heteroatoms. The third-order valence-corrected chi connectivity index (χ3v) is 5.64. The minimum Gasteiger partial charge on any atom is -0.396 e. The molecule has 1 aliphatic heterocycles. The zero-order chi connectivity index (χ0) is 16.7. The molecule has 3 rings (SSSR count). The van der Waals surface area contributed by atoms with Crippen molar-refractivity contribution in [3.8, 4) is 0 Å². The Morgan fingerprint density at radius 1 is 1.52 bits per heavy atom. The fraction of sp³-hybridized carbons (Fsp3) is 0.533. The van der Waals surface area contributed by atoms with E-state index in [1.54, 1.807) is 18.9 Å². The summed E-state index contributed by atoms with van der Waals surface area (Å²) in [6.07, 6.45) is 1.29. The molecule has 3 heterocycles. The van der Waals surface area contributed by atoms with E-state index in [1.807, 2.05) is 0 Å². The molecule has 1 fully saturated rings. The predicted molar refractivity (Wildman–Crippen MR) is 86.7 cm³/mol. The molecule has 1 aliphatic rings. The van der Waals surface area contributed by atoms with Gasteiger partial charge in [0.25, 0.3) is 11.5 Å². The second kappa shape index (κ2) is 6.03. The van der Waals surface area contributed by atoms with Gasteiger partial charge in [0.1, 0.15) is 4.83 Å². The molecule has 1 amide bonds. The lowest BCUT2D eigenvalue weighted by molar-refractivity contribution is 0.00104. The van der Waals surface area contributed by atoms with E-state index in [0.29, 0.717) is 33.6 Å². The number of carbonyl (C=O) groups excluding carboxylic acids is 1. The van der Waals surface area contributed by atoms with Gasteiger partial charge in [-0.05, 0) is 18.9 Å². The maximum atomic E-state index is 12.8. The van der Waals surface area contributed by atoms with Crippen molar-refractivity contribution in [2.24, 2.45) is 13.0 Å².